The first-order valence-electron chi connectivity index (χ1n) is 7.15. The average molecular weight is 341 g/mol. The number of nitrogens with zero attached hydrogens (tertiary/aromatic N) is 2. The standard InChI is InChI=1S/C16H18Cl2N2O2/c1-12(21)19-7-2-8-20(10-9-19)16(22)6-4-13-3-5-14(17)15(18)11-13/h3-6,11H,2,7-10H2,1H3/b6-4+. The van der Waals surface area contributed by atoms with Gasteiger partial charge in [-0.3, -0.25) is 9.59 Å². The van der Waals surface area contributed by atoms with Crippen LogP contribution in [0.3, 0.4) is 0 Å². The molecule has 6 heteroatoms. The van der Waals surface area contributed by atoms with Crippen LogP contribution < -0.4 is 0 Å². The van der Waals surface area contributed by atoms with Crippen LogP contribution in [0.25, 0.3) is 6.08 Å². The minimum atomic E-state index is -0.0588. The normalized spacial score (nSPS) is 16.0. The van der Waals surface area contributed by atoms with Crippen LogP contribution in [0.15, 0.2) is 24.3 Å². The first kappa shape index (κ1) is 16.8. The summed E-state index contributed by atoms with van der Waals surface area (Å²) in [6.45, 7) is 4.07. The van der Waals surface area contributed by atoms with Crippen molar-refractivity contribution in [2.45, 2.75) is 13.3 Å². The molecule has 118 valence electrons. The second kappa shape index (κ2) is 7.65. The second-order valence-electron chi connectivity index (χ2n) is 5.19. The third-order valence-corrected chi connectivity index (χ3v) is 4.35. The molecule has 1 heterocycles. The number of amides is 2. The van der Waals surface area contributed by atoms with E-state index in [0.717, 1.165) is 12.0 Å². The monoisotopic (exact) mass is 340 g/mol. The third-order valence-electron chi connectivity index (χ3n) is 3.61. The summed E-state index contributed by atoms with van der Waals surface area (Å²) in [7, 11) is 0. The van der Waals surface area contributed by atoms with E-state index in [1.807, 2.05) is 0 Å². The molecule has 0 N–H and O–H groups in total. The summed E-state index contributed by atoms with van der Waals surface area (Å²) in [4.78, 5) is 27.1. The Bertz CT molecular complexity index is 602. The number of hydrogen-bond acceptors (Lipinski definition) is 2. The van der Waals surface area contributed by atoms with Gasteiger partial charge in [0.2, 0.25) is 11.8 Å². The minimum Gasteiger partial charge on any atom is -0.341 e. The molecule has 0 aliphatic carbocycles. The van der Waals surface area contributed by atoms with Gasteiger partial charge in [0, 0.05) is 39.2 Å². The van der Waals surface area contributed by atoms with Crippen LogP contribution in [-0.4, -0.2) is 47.8 Å². The van der Waals surface area contributed by atoms with Crippen LogP contribution in [0.2, 0.25) is 10.0 Å². The van der Waals surface area contributed by atoms with Crippen molar-refractivity contribution in [2.75, 3.05) is 26.2 Å². The lowest BCUT2D eigenvalue weighted by atomic mass is 10.2. The molecule has 0 spiro atoms. The van der Waals surface area contributed by atoms with Gasteiger partial charge in [-0.2, -0.15) is 0 Å². The maximum absolute atomic E-state index is 12.2. The molecule has 0 atom stereocenters. The van der Waals surface area contributed by atoms with Crippen LogP contribution in [0.4, 0.5) is 0 Å². The molecule has 0 saturated carbocycles. The summed E-state index contributed by atoms with van der Waals surface area (Å²) in [5.41, 5.74) is 0.822. The van der Waals surface area contributed by atoms with Gasteiger partial charge < -0.3 is 9.80 Å². The Morgan fingerprint density at radius 3 is 2.41 bits per heavy atom. The Kier molecular flexibility index (Phi) is 5.86. The molecule has 2 rings (SSSR count). The molecule has 1 aromatic carbocycles. The van der Waals surface area contributed by atoms with Crippen LogP contribution in [0.5, 0.6) is 0 Å². The summed E-state index contributed by atoms with van der Waals surface area (Å²) < 4.78 is 0. The van der Waals surface area contributed by atoms with E-state index in [4.69, 9.17) is 23.2 Å². The number of benzene rings is 1. The van der Waals surface area contributed by atoms with Gasteiger partial charge in [-0.1, -0.05) is 29.3 Å². The number of halogens is 2. The largest absolute Gasteiger partial charge is 0.341 e. The van der Waals surface area contributed by atoms with Crippen molar-refractivity contribution < 1.29 is 9.59 Å². The van der Waals surface area contributed by atoms with Crippen LogP contribution >= 0.6 is 23.2 Å². The van der Waals surface area contributed by atoms with E-state index in [1.54, 1.807) is 41.0 Å². The average Bonchev–Trinajstić information content (AvgIpc) is 2.74. The first-order valence-corrected chi connectivity index (χ1v) is 7.90. The predicted molar refractivity (Wildman–Crippen MR) is 88.9 cm³/mol. The molecular weight excluding hydrogens is 323 g/mol. The number of carbonyl (C=O) groups is 2. The molecule has 4 nitrogen and oxygen atoms in total. The number of hydrogen-bond donors (Lipinski definition) is 0. The Morgan fingerprint density at radius 2 is 1.73 bits per heavy atom. The molecule has 1 aliphatic rings. The van der Waals surface area contributed by atoms with Crippen molar-refractivity contribution in [1.82, 2.24) is 9.80 Å². The van der Waals surface area contributed by atoms with Gasteiger partial charge in [0.1, 0.15) is 0 Å². The van der Waals surface area contributed by atoms with Crippen molar-refractivity contribution in [3.8, 4) is 0 Å². The van der Waals surface area contributed by atoms with Gasteiger partial charge in [-0.15, -0.1) is 0 Å². The van der Waals surface area contributed by atoms with Crippen molar-refractivity contribution in [2.24, 2.45) is 0 Å². The van der Waals surface area contributed by atoms with Gasteiger partial charge in [0.15, 0.2) is 0 Å². The van der Waals surface area contributed by atoms with E-state index in [0.29, 0.717) is 36.2 Å². The van der Waals surface area contributed by atoms with Gasteiger partial charge in [-0.05, 0) is 30.2 Å². The van der Waals surface area contributed by atoms with E-state index in [1.165, 1.54) is 6.08 Å². The molecule has 0 bridgehead atoms. The quantitative estimate of drug-likeness (QED) is 0.776. The van der Waals surface area contributed by atoms with Crippen LogP contribution in [0, 0.1) is 0 Å². The highest BCUT2D eigenvalue weighted by molar-refractivity contribution is 6.42. The van der Waals surface area contributed by atoms with E-state index < -0.39 is 0 Å². The van der Waals surface area contributed by atoms with E-state index in [2.05, 4.69) is 0 Å². The molecule has 1 aliphatic heterocycles. The third kappa shape index (κ3) is 4.49. The van der Waals surface area contributed by atoms with Crippen molar-refractivity contribution in [3.05, 3.63) is 39.9 Å². The lowest BCUT2D eigenvalue weighted by Gasteiger charge is -2.20. The molecule has 2 amide bonds. The Hall–Kier alpha value is -1.52. The minimum absolute atomic E-state index is 0.0562. The highest BCUT2D eigenvalue weighted by atomic mass is 35.5. The van der Waals surface area contributed by atoms with Crippen molar-refractivity contribution in [3.63, 3.8) is 0 Å². The summed E-state index contributed by atoms with van der Waals surface area (Å²) in [5, 5.41) is 0.949. The zero-order valence-electron chi connectivity index (χ0n) is 12.4. The predicted octanol–water partition coefficient (Wildman–Crippen LogP) is 3.09. The fourth-order valence-corrected chi connectivity index (χ4v) is 2.65. The van der Waals surface area contributed by atoms with Gasteiger partial charge in [-0.25, -0.2) is 0 Å². The lowest BCUT2D eigenvalue weighted by molar-refractivity contribution is -0.130. The van der Waals surface area contributed by atoms with Crippen molar-refractivity contribution in [1.29, 1.82) is 0 Å². The van der Waals surface area contributed by atoms with Gasteiger partial charge >= 0.3 is 0 Å². The van der Waals surface area contributed by atoms with Crippen LogP contribution in [0.1, 0.15) is 18.9 Å². The highest BCUT2D eigenvalue weighted by Gasteiger charge is 2.18. The zero-order valence-corrected chi connectivity index (χ0v) is 13.9. The maximum Gasteiger partial charge on any atom is 0.246 e. The molecule has 1 saturated heterocycles. The first-order chi connectivity index (χ1) is 10.5. The van der Waals surface area contributed by atoms with Crippen molar-refractivity contribution >= 4 is 41.1 Å². The molecule has 0 radical (unpaired) electrons. The Labute approximate surface area is 140 Å². The summed E-state index contributed by atoms with van der Waals surface area (Å²) in [5.74, 6) is -0.00267. The van der Waals surface area contributed by atoms with Crippen LogP contribution in [-0.2, 0) is 9.59 Å². The summed E-state index contributed by atoms with van der Waals surface area (Å²) >= 11 is 11.8. The fourth-order valence-electron chi connectivity index (χ4n) is 2.34. The van der Waals surface area contributed by atoms with Gasteiger partial charge in [0.05, 0.1) is 10.0 Å². The number of rotatable bonds is 2. The van der Waals surface area contributed by atoms with E-state index >= 15 is 0 Å². The lowest BCUT2D eigenvalue weighted by Crippen LogP contribution is -2.35. The SMILES string of the molecule is CC(=O)N1CCCN(C(=O)/C=C/c2ccc(Cl)c(Cl)c2)CC1. The Balaban J connectivity index is 1.97. The fraction of sp³-hybridized carbons (Fsp3) is 0.375. The topological polar surface area (TPSA) is 40.6 Å². The number of carbonyl (C=O) groups excluding carboxylic acids is 2. The van der Waals surface area contributed by atoms with E-state index in [-0.39, 0.29) is 11.8 Å². The second-order valence-corrected chi connectivity index (χ2v) is 6.01. The molecule has 1 fully saturated rings. The highest BCUT2D eigenvalue weighted by Crippen LogP contribution is 2.23. The smallest absolute Gasteiger partial charge is 0.246 e. The summed E-state index contributed by atoms with van der Waals surface area (Å²) in [6, 6.07) is 5.22. The molecule has 0 aromatic heterocycles. The maximum atomic E-state index is 12.2. The molecule has 1 aromatic rings. The molecule has 22 heavy (non-hydrogen) atoms. The van der Waals surface area contributed by atoms with E-state index in [9.17, 15) is 9.59 Å². The molecular formula is C16H18Cl2N2O2. The zero-order chi connectivity index (χ0) is 16.1. The summed E-state index contributed by atoms with van der Waals surface area (Å²) in [6.07, 6.45) is 4.05. The van der Waals surface area contributed by atoms with Gasteiger partial charge in [0.25, 0.3) is 0 Å². The Morgan fingerprint density at radius 1 is 1.05 bits per heavy atom. The molecule has 0 unspecified atom stereocenters.